The number of aromatic nitrogens is 1. The van der Waals surface area contributed by atoms with E-state index in [9.17, 15) is 9.59 Å². The van der Waals surface area contributed by atoms with Crippen molar-refractivity contribution in [2.45, 2.75) is 25.8 Å². The molecule has 7 heteroatoms. The summed E-state index contributed by atoms with van der Waals surface area (Å²) >= 11 is 0. The Morgan fingerprint density at radius 1 is 1.16 bits per heavy atom. The molecule has 1 saturated carbocycles. The minimum atomic E-state index is 0.0597. The van der Waals surface area contributed by atoms with Gasteiger partial charge in [0.25, 0.3) is 11.8 Å². The quantitative estimate of drug-likeness (QED) is 0.750. The summed E-state index contributed by atoms with van der Waals surface area (Å²) in [4.78, 5) is 35.8. The molecule has 1 saturated heterocycles. The van der Waals surface area contributed by atoms with Gasteiger partial charge in [-0.2, -0.15) is 0 Å². The number of rotatable bonds is 2. The van der Waals surface area contributed by atoms with E-state index in [1.165, 1.54) is 19.3 Å². The zero-order valence-corrected chi connectivity index (χ0v) is 17.7. The third kappa shape index (κ3) is 2.98. The number of carbonyl (C=O) groups is 2. The van der Waals surface area contributed by atoms with Crippen LogP contribution in [0.5, 0.6) is 5.75 Å². The molecule has 3 aliphatic heterocycles. The standard InChI is InChI=1S/C24H26N4O3/c1-26-12-18-9-19(5-6-20(18)24(26)30)28-7-8-31-21-10-17(11-25-22(21)28)23(29)27-13-15-3-2-4-16(15)14-27/h5-6,9-11,15-16H,2-4,7-8,12-14H2,1H3/t15-,16+. The van der Waals surface area contributed by atoms with E-state index in [2.05, 4.69) is 16.0 Å². The van der Waals surface area contributed by atoms with Crippen molar-refractivity contribution in [1.82, 2.24) is 14.8 Å². The summed E-state index contributed by atoms with van der Waals surface area (Å²) in [6.45, 7) is 3.56. The van der Waals surface area contributed by atoms with E-state index in [4.69, 9.17) is 4.74 Å². The molecule has 2 fully saturated rings. The lowest BCUT2D eigenvalue weighted by molar-refractivity contribution is 0.0778. The molecule has 2 aromatic rings. The van der Waals surface area contributed by atoms with Gasteiger partial charge in [-0.05, 0) is 54.5 Å². The van der Waals surface area contributed by atoms with E-state index in [1.807, 2.05) is 30.1 Å². The average molecular weight is 418 g/mol. The number of carbonyl (C=O) groups excluding carboxylic acids is 2. The van der Waals surface area contributed by atoms with E-state index in [1.54, 1.807) is 11.1 Å². The second-order valence-corrected chi connectivity index (χ2v) is 9.21. The smallest absolute Gasteiger partial charge is 0.255 e. The van der Waals surface area contributed by atoms with Crippen LogP contribution in [0.1, 0.15) is 45.5 Å². The maximum Gasteiger partial charge on any atom is 0.255 e. The molecule has 4 aliphatic rings. The van der Waals surface area contributed by atoms with Crippen molar-refractivity contribution in [1.29, 1.82) is 0 Å². The van der Waals surface area contributed by atoms with E-state index in [0.29, 0.717) is 42.8 Å². The van der Waals surface area contributed by atoms with E-state index in [-0.39, 0.29) is 11.8 Å². The van der Waals surface area contributed by atoms with E-state index >= 15 is 0 Å². The molecule has 0 bridgehead atoms. The van der Waals surface area contributed by atoms with Crippen molar-refractivity contribution >= 4 is 23.3 Å². The van der Waals surface area contributed by atoms with Gasteiger partial charge in [-0.25, -0.2) is 4.98 Å². The van der Waals surface area contributed by atoms with Gasteiger partial charge in [0.1, 0.15) is 6.61 Å². The van der Waals surface area contributed by atoms with Gasteiger partial charge in [-0.15, -0.1) is 0 Å². The Morgan fingerprint density at radius 3 is 2.77 bits per heavy atom. The molecule has 1 aromatic heterocycles. The maximum absolute atomic E-state index is 13.1. The van der Waals surface area contributed by atoms with Crippen molar-refractivity contribution in [3.05, 3.63) is 47.2 Å². The predicted molar refractivity (Wildman–Crippen MR) is 116 cm³/mol. The number of hydrogen-bond donors (Lipinski definition) is 0. The maximum atomic E-state index is 13.1. The number of amides is 2. The molecular formula is C24H26N4O3. The first kappa shape index (κ1) is 18.7. The van der Waals surface area contributed by atoms with Crippen LogP contribution >= 0.6 is 0 Å². The zero-order chi connectivity index (χ0) is 21.1. The average Bonchev–Trinajstić information content (AvgIpc) is 3.46. The molecule has 6 rings (SSSR count). The first-order valence-electron chi connectivity index (χ1n) is 11.2. The summed E-state index contributed by atoms with van der Waals surface area (Å²) in [5, 5.41) is 0. The highest BCUT2D eigenvalue weighted by Crippen LogP contribution is 2.40. The fourth-order valence-electron chi connectivity index (χ4n) is 5.67. The molecular weight excluding hydrogens is 392 g/mol. The summed E-state index contributed by atoms with van der Waals surface area (Å²) in [7, 11) is 1.82. The van der Waals surface area contributed by atoms with Gasteiger partial charge in [-0.3, -0.25) is 9.59 Å². The number of ether oxygens (including phenoxy) is 1. The van der Waals surface area contributed by atoms with E-state index in [0.717, 1.165) is 35.7 Å². The molecule has 2 atom stereocenters. The number of likely N-dealkylation sites (tertiary alicyclic amines) is 1. The third-order valence-electron chi connectivity index (χ3n) is 7.31. The summed E-state index contributed by atoms with van der Waals surface area (Å²) in [6, 6.07) is 7.77. The topological polar surface area (TPSA) is 66.0 Å². The Balaban J connectivity index is 1.27. The first-order valence-corrected chi connectivity index (χ1v) is 11.2. The first-order chi connectivity index (χ1) is 15.1. The number of hydrogen-bond acceptors (Lipinski definition) is 5. The van der Waals surface area contributed by atoms with Gasteiger partial charge in [0.2, 0.25) is 0 Å². The third-order valence-corrected chi connectivity index (χ3v) is 7.31. The summed E-state index contributed by atoms with van der Waals surface area (Å²) in [6.07, 6.45) is 5.48. The van der Waals surface area contributed by atoms with Gasteiger partial charge in [0.15, 0.2) is 11.6 Å². The molecule has 31 heavy (non-hydrogen) atoms. The van der Waals surface area contributed by atoms with Crippen LogP contribution in [-0.2, 0) is 6.54 Å². The van der Waals surface area contributed by atoms with Crippen LogP contribution in [-0.4, -0.2) is 59.9 Å². The van der Waals surface area contributed by atoms with Crippen molar-refractivity contribution in [2.75, 3.05) is 38.2 Å². The van der Waals surface area contributed by atoms with Crippen molar-refractivity contribution < 1.29 is 14.3 Å². The molecule has 160 valence electrons. The van der Waals surface area contributed by atoms with Crippen LogP contribution in [0.4, 0.5) is 11.5 Å². The molecule has 1 aliphatic carbocycles. The number of anilines is 2. The highest BCUT2D eigenvalue weighted by Gasteiger charge is 2.38. The number of fused-ring (bicyclic) bond motifs is 3. The Bertz CT molecular complexity index is 1070. The van der Waals surface area contributed by atoms with Gasteiger partial charge in [-0.1, -0.05) is 6.42 Å². The second kappa shape index (κ2) is 6.97. The SMILES string of the molecule is CN1Cc2cc(N3CCOc4cc(C(=O)N5C[C@H]6CCC[C@H]6C5)cnc43)ccc2C1=O. The van der Waals surface area contributed by atoms with Crippen LogP contribution in [0.15, 0.2) is 30.5 Å². The minimum absolute atomic E-state index is 0.0597. The Kier molecular flexibility index (Phi) is 4.20. The molecule has 1 aromatic carbocycles. The molecule has 0 unspecified atom stereocenters. The number of pyridine rings is 1. The lowest BCUT2D eigenvalue weighted by Gasteiger charge is -2.30. The Hall–Kier alpha value is -3.09. The van der Waals surface area contributed by atoms with Crippen molar-refractivity contribution in [2.24, 2.45) is 11.8 Å². The highest BCUT2D eigenvalue weighted by atomic mass is 16.5. The van der Waals surface area contributed by atoms with Crippen molar-refractivity contribution in [3.63, 3.8) is 0 Å². The summed E-state index contributed by atoms with van der Waals surface area (Å²) in [5.74, 6) is 2.84. The lowest BCUT2D eigenvalue weighted by atomic mass is 10.0. The fraction of sp³-hybridized carbons (Fsp3) is 0.458. The lowest BCUT2D eigenvalue weighted by Crippen LogP contribution is -2.32. The summed E-state index contributed by atoms with van der Waals surface area (Å²) < 4.78 is 5.89. The predicted octanol–water partition coefficient (Wildman–Crippen LogP) is 3.07. The van der Waals surface area contributed by atoms with E-state index < -0.39 is 0 Å². The van der Waals surface area contributed by atoms with Crippen LogP contribution < -0.4 is 9.64 Å². The molecule has 0 spiro atoms. The van der Waals surface area contributed by atoms with Crippen LogP contribution in [0.3, 0.4) is 0 Å². The molecule has 0 N–H and O–H groups in total. The van der Waals surface area contributed by atoms with Gasteiger partial charge >= 0.3 is 0 Å². The van der Waals surface area contributed by atoms with Gasteiger partial charge in [0.05, 0.1) is 12.1 Å². The molecule has 2 amide bonds. The second-order valence-electron chi connectivity index (χ2n) is 9.21. The van der Waals surface area contributed by atoms with Gasteiger partial charge in [0, 0.05) is 44.1 Å². The normalized spacial score (nSPS) is 24.2. The largest absolute Gasteiger partial charge is 0.488 e. The zero-order valence-electron chi connectivity index (χ0n) is 17.7. The van der Waals surface area contributed by atoms with Crippen molar-refractivity contribution in [3.8, 4) is 5.75 Å². The number of nitrogens with zero attached hydrogens (tertiary/aromatic N) is 4. The minimum Gasteiger partial charge on any atom is -0.488 e. The number of benzene rings is 1. The highest BCUT2D eigenvalue weighted by molar-refractivity contribution is 5.99. The fourth-order valence-corrected chi connectivity index (χ4v) is 5.67. The Morgan fingerprint density at radius 2 is 1.97 bits per heavy atom. The van der Waals surface area contributed by atoms with Gasteiger partial charge < -0.3 is 19.4 Å². The summed E-state index contributed by atoms with van der Waals surface area (Å²) in [5.41, 5.74) is 3.39. The van der Waals surface area contributed by atoms with Crippen LogP contribution in [0.2, 0.25) is 0 Å². The molecule has 7 nitrogen and oxygen atoms in total. The molecule has 0 radical (unpaired) electrons. The van der Waals surface area contributed by atoms with Crippen LogP contribution in [0, 0.1) is 11.8 Å². The Labute approximate surface area is 181 Å². The molecule has 4 heterocycles. The monoisotopic (exact) mass is 418 g/mol. The van der Waals surface area contributed by atoms with Crippen LogP contribution in [0.25, 0.3) is 0 Å².